The van der Waals surface area contributed by atoms with Crippen LogP contribution < -0.4 is 4.74 Å². The highest BCUT2D eigenvalue weighted by molar-refractivity contribution is 5.93. The molecule has 0 aliphatic carbocycles. The van der Waals surface area contributed by atoms with Gasteiger partial charge < -0.3 is 14.6 Å². The van der Waals surface area contributed by atoms with Crippen LogP contribution in [0.3, 0.4) is 0 Å². The lowest BCUT2D eigenvalue weighted by molar-refractivity contribution is -0.133. The third-order valence-electron chi connectivity index (χ3n) is 2.43. The Morgan fingerprint density at radius 3 is 2.29 bits per heavy atom. The second-order valence-electron chi connectivity index (χ2n) is 4.01. The summed E-state index contributed by atoms with van der Waals surface area (Å²) in [6.45, 7) is 0. The zero-order valence-electron chi connectivity index (χ0n) is 10.9. The Morgan fingerprint density at radius 1 is 0.952 bits per heavy atom. The lowest BCUT2D eigenvalue weighted by Gasteiger charge is -2.02. The average molecular weight is 284 g/mol. The minimum Gasteiger partial charge on any atom is -0.508 e. The van der Waals surface area contributed by atoms with Gasteiger partial charge in [0, 0.05) is 6.08 Å². The van der Waals surface area contributed by atoms with Gasteiger partial charge in [-0.15, -0.1) is 0 Å². The van der Waals surface area contributed by atoms with Gasteiger partial charge in [0.2, 0.25) is 0 Å². The number of ether oxygens (including phenoxy) is 2. The Kier molecular flexibility index (Phi) is 4.71. The zero-order valence-corrected chi connectivity index (χ0v) is 10.9. The number of aromatic hydroxyl groups is 1. The number of benzene rings is 2. The summed E-state index contributed by atoms with van der Waals surface area (Å²) >= 11 is 0. The summed E-state index contributed by atoms with van der Waals surface area (Å²) in [5, 5.41) is 9.12. The van der Waals surface area contributed by atoms with Crippen molar-refractivity contribution in [3.63, 3.8) is 0 Å². The van der Waals surface area contributed by atoms with Crippen LogP contribution in [0.2, 0.25) is 0 Å². The predicted molar refractivity (Wildman–Crippen MR) is 75.7 cm³/mol. The SMILES string of the molecule is O=C(/C=C/c1ccc(O)cc1)OC(=O)Oc1ccccc1. The van der Waals surface area contributed by atoms with E-state index in [0.717, 1.165) is 6.08 Å². The highest BCUT2D eigenvalue weighted by Crippen LogP contribution is 2.11. The largest absolute Gasteiger partial charge is 0.521 e. The summed E-state index contributed by atoms with van der Waals surface area (Å²) in [5.74, 6) is -0.428. The number of para-hydroxylation sites is 1. The maximum absolute atomic E-state index is 11.4. The molecule has 21 heavy (non-hydrogen) atoms. The van der Waals surface area contributed by atoms with Crippen molar-refractivity contribution < 1.29 is 24.2 Å². The Balaban J connectivity index is 1.86. The molecule has 0 aromatic heterocycles. The van der Waals surface area contributed by atoms with E-state index in [4.69, 9.17) is 9.84 Å². The summed E-state index contributed by atoms with van der Waals surface area (Å²) in [5.41, 5.74) is 0.682. The average Bonchev–Trinajstić information content (AvgIpc) is 2.47. The van der Waals surface area contributed by atoms with E-state index in [9.17, 15) is 9.59 Å². The van der Waals surface area contributed by atoms with E-state index >= 15 is 0 Å². The van der Waals surface area contributed by atoms with Gasteiger partial charge in [-0.3, -0.25) is 0 Å². The summed E-state index contributed by atoms with van der Waals surface area (Å²) in [7, 11) is 0. The summed E-state index contributed by atoms with van der Waals surface area (Å²) in [6, 6.07) is 14.5. The molecule has 0 spiro atoms. The van der Waals surface area contributed by atoms with Crippen molar-refractivity contribution in [3.8, 4) is 11.5 Å². The fourth-order valence-corrected chi connectivity index (χ4v) is 1.47. The molecule has 2 rings (SSSR count). The first-order valence-corrected chi connectivity index (χ1v) is 6.09. The molecule has 5 nitrogen and oxygen atoms in total. The molecular weight excluding hydrogens is 272 g/mol. The molecular formula is C16H12O5. The van der Waals surface area contributed by atoms with Gasteiger partial charge in [0.1, 0.15) is 11.5 Å². The number of phenols is 1. The Morgan fingerprint density at radius 2 is 1.62 bits per heavy atom. The minimum atomic E-state index is -1.10. The fraction of sp³-hybridized carbons (Fsp3) is 0. The molecule has 106 valence electrons. The Labute approximate surface area is 121 Å². The van der Waals surface area contributed by atoms with Gasteiger partial charge in [-0.1, -0.05) is 30.3 Å². The maximum Gasteiger partial charge on any atom is 0.521 e. The van der Waals surface area contributed by atoms with Crippen molar-refractivity contribution >= 4 is 18.2 Å². The van der Waals surface area contributed by atoms with E-state index in [0.29, 0.717) is 5.56 Å². The monoisotopic (exact) mass is 284 g/mol. The van der Waals surface area contributed by atoms with E-state index in [2.05, 4.69) is 4.74 Å². The fourth-order valence-electron chi connectivity index (χ4n) is 1.47. The predicted octanol–water partition coefficient (Wildman–Crippen LogP) is 3.15. The first-order chi connectivity index (χ1) is 10.1. The molecule has 2 aromatic carbocycles. The van der Waals surface area contributed by atoms with Gasteiger partial charge in [0.15, 0.2) is 0 Å². The lowest BCUT2D eigenvalue weighted by atomic mass is 10.2. The van der Waals surface area contributed by atoms with Crippen molar-refractivity contribution in [2.24, 2.45) is 0 Å². The molecule has 2 aromatic rings. The maximum atomic E-state index is 11.4. The molecule has 0 aliphatic heterocycles. The van der Waals surface area contributed by atoms with Crippen LogP contribution in [0.25, 0.3) is 6.08 Å². The van der Waals surface area contributed by atoms with Crippen molar-refractivity contribution in [1.29, 1.82) is 0 Å². The van der Waals surface area contributed by atoms with Crippen LogP contribution >= 0.6 is 0 Å². The normalized spacial score (nSPS) is 10.3. The lowest BCUT2D eigenvalue weighted by Crippen LogP contribution is -2.14. The highest BCUT2D eigenvalue weighted by Gasteiger charge is 2.09. The first kappa shape index (κ1) is 14.3. The molecule has 0 bridgehead atoms. The van der Waals surface area contributed by atoms with Crippen molar-refractivity contribution in [2.45, 2.75) is 0 Å². The van der Waals surface area contributed by atoms with Crippen LogP contribution in [0, 0.1) is 0 Å². The summed E-state index contributed by atoms with van der Waals surface area (Å²) < 4.78 is 9.27. The smallest absolute Gasteiger partial charge is 0.508 e. The minimum absolute atomic E-state index is 0.126. The van der Waals surface area contributed by atoms with Crippen LogP contribution in [0.15, 0.2) is 60.7 Å². The Hall–Kier alpha value is -3.08. The van der Waals surface area contributed by atoms with Gasteiger partial charge in [0.05, 0.1) is 0 Å². The van der Waals surface area contributed by atoms with Crippen molar-refractivity contribution in [1.82, 2.24) is 0 Å². The van der Waals surface area contributed by atoms with Gasteiger partial charge in [-0.05, 0) is 35.9 Å². The number of rotatable bonds is 3. The van der Waals surface area contributed by atoms with Gasteiger partial charge in [0.25, 0.3) is 0 Å². The first-order valence-electron chi connectivity index (χ1n) is 6.09. The van der Waals surface area contributed by atoms with Crippen LogP contribution in [-0.4, -0.2) is 17.2 Å². The van der Waals surface area contributed by atoms with Crippen molar-refractivity contribution in [2.75, 3.05) is 0 Å². The molecule has 0 saturated carbocycles. The molecule has 0 heterocycles. The molecule has 1 N–H and O–H groups in total. The van der Waals surface area contributed by atoms with E-state index < -0.39 is 12.1 Å². The van der Waals surface area contributed by atoms with Crippen LogP contribution in [-0.2, 0) is 9.53 Å². The molecule has 0 amide bonds. The summed E-state index contributed by atoms with van der Waals surface area (Å²) in [6.07, 6.45) is 1.46. The number of hydrogen-bond acceptors (Lipinski definition) is 5. The van der Waals surface area contributed by atoms with Gasteiger partial charge >= 0.3 is 12.1 Å². The van der Waals surface area contributed by atoms with Crippen LogP contribution in [0.1, 0.15) is 5.56 Å². The summed E-state index contributed by atoms with van der Waals surface area (Å²) in [4.78, 5) is 22.8. The third-order valence-corrected chi connectivity index (χ3v) is 2.43. The molecule has 0 radical (unpaired) electrons. The van der Waals surface area contributed by atoms with E-state index in [-0.39, 0.29) is 11.5 Å². The van der Waals surface area contributed by atoms with Crippen LogP contribution in [0.4, 0.5) is 4.79 Å². The molecule has 5 heteroatoms. The second kappa shape index (κ2) is 6.91. The third kappa shape index (κ3) is 4.83. The topological polar surface area (TPSA) is 72.8 Å². The number of carbonyl (C=O) groups excluding carboxylic acids is 2. The number of carbonyl (C=O) groups is 2. The number of esters is 1. The second-order valence-corrected chi connectivity index (χ2v) is 4.01. The molecule has 0 saturated heterocycles. The van der Waals surface area contributed by atoms with E-state index in [1.54, 1.807) is 42.5 Å². The Bertz CT molecular complexity index is 644. The molecule has 0 fully saturated rings. The van der Waals surface area contributed by atoms with Gasteiger partial charge in [-0.25, -0.2) is 9.59 Å². The van der Waals surface area contributed by atoms with E-state index in [1.807, 2.05) is 0 Å². The van der Waals surface area contributed by atoms with Gasteiger partial charge in [-0.2, -0.15) is 0 Å². The molecule has 0 aliphatic rings. The number of phenolic OH excluding ortho intramolecular Hbond substituents is 1. The zero-order chi connectivity index (χ0) is 15.1. The van der Waals surface area contributed by atoms with Crippen molar-refractivity contribution in [3.05, 3.63) is 66.2 Å². The quantitative estimate of drug-likeness (QED) is 0.405. The van der Waals surface area contributed by atoms with E-state index in [1.165, 1.54) is 18.2 Å². The highest BCUT2D eigenvalue weighted by atomic mass is 16.7. The molecule has 0 atom stereocenters. The standard InChI is InChI=1S/C16H12O5/c17-13-9-6-12(7-10-13)8-11-15(18)21-16(19)20-14-4-2-1-3-5-14/h1-11,17H/b11-8+. The molecule has 0 unspecified atom stereocenters. The van der Waals surface area contributed by atoms with Crippen LogP contribution in [0.5, 0.6) is 11.5 Å². The number of hydrogen-bond donors (Lipinski definition) is 1.